The van der Waals surface area contributed by atoms with Gasteiger partial charge in [-0.3, -0.25) is 13.8 Å². The van der Waals surface area contributed by atoms with Crippen molar-refractivity contribution in [3.05, 3.63) is 27.5 Å². The van der Waals surface area contributed by atoms with Gasteiger partial charge < -0.3 is 20.5 Å². The maximum atomic E-state index is 12.5. The molecule has 9 nitrogen and oxygen atoms in total. The highest BCUT2D eigenvalue weighted by Crippen LogP contribution is 2.29. The van der Waals surface area contributed by atoms with Crippen molar-refractivity contribution in [2.45, 2.75) is 37.9 Å². The summed E-state index contributed by atoms with van der Waals surface area (Å²) >= 11 is 12.2. The SMILES string of the molecule is CC(=O)Nc1cc(N2CCC(NC(=O)c3[nH]c(C)c(Cl)c3Cl)CC2)nc(S(C)=O)n1. The lowest BCUT2D eigenvalue weighted by molar-refractivity contribution is -0.114. The van der Waals surface area contributed by atoms with E-state index in [-0.39, 0.29) is 33.7 Å². The summed E-state index contributed by atoms with van der Waals surface area (Å²) in [4.78, 5) is 37.3. The molecule has 0 bridgehead atoms. The lowest BCUT2D eigenvalue weighted by atomic mass is 10.0. The maximum Gasteiger partial charge on any atom is 0.269 e. The molecule has 0 aliphatic carbocycles. The van der Waals surface area contributed by atoms with Crippen LogP contribution in [0.4, 0.5) is 11.6 Å². The zero-order valence-electron chi connectivity index (χ0n) is 16.7. The second kappa shape index (κ2) is 9.32. The fraction of sp³-hybridized carbons (Fsp3) is 0.444. The standard InChI is InChI=1S/C18H22Cl2N6O3S/c1-9-14(19)15(20)16(21-9)17(28)23-11-4-6-26(7-5-11)13-8-12(22-10(2)27)24-18(25-13)30(3)29/h8,11,21H,4-7H2,1-3H3,(H,23,28)(H,22,24,25,27). The minimum atomic E-state index is -1.39. The summed E-state index contributed by atoms with van der Waals surface area (Å²) in [6.07, 6.45) is 2.85. The topological polar surface area (TPSA) is 120 Å². The number of aromatic amines is 1. The molecular formula is C18H22Cl2N6O3S. The number of amides is 2. The van der Waals surface area contributed by atoms with Gasteiger partial charge in [0, 0.05) is 44.1 Å². The fourth-order valence-corrected chi connectivity index (χ4v) is 4.05. The number of carbonyl (C=O) groups is 2. The van der Waals surface area contributed by atoms with E-state index in [0.29, 0.717) is 48.3 Å². The minimum Gasteiger partial charge on any atom is -0.356 e. The van der Waals surface area contributed by atoms with E-state index in [0.717, 1.165) is 0 Å². The van der Waals surface area contributed by atoms with Crippen molar-refractivity contribution >= 4 is 57.5 Å². The molecule has 1 saturated heterocycles. The van der Waals surface area contributed by atoms with Gasteiger partial charge in [0.15, 0.2) is 0 Å². The molecule has 1 unspecified atom stereocenters. The summed E-state index contributed by atoms with van der Waals surface area (Å²) in [5, 5.41) is 6.30. The second-order valence-corrected chi connectivity index (χ2v) is 9.05. The van der Waals surface area contributed by atoms with Crippen LogP contribution in [0, 0.1) is 6.92 Å². The Bertz CT molecular complexity index is 1000. The number of hydrogen-bond donors (Lipinski definition) is 3. The summed E-state index contributed by atoms with van der Waals surface area (Å²) in [7, 11) is -1.39. The van der Waals surface area contributed by atoms with Crippen molar-refractivity contribution in [2.75, 3.05) is 29.6 Å². The van der Waals surface area contributed by atoms with Crippen molar-refractivity contribution in [3.63, 3.8) is 0 Å². The molecule has 3 N–H and O–H groups in total. The van der Waals surface area contributed by atoms with Gasteiger partial charge in [-0.05, 0) is 19.8 Å². The van der Waals surface area contributed by atoms with Crippen LogP contribution < -0.4 is 15.5 Å². The van der Waals surface area contributed by atoms with E-state index in [4.69, 9.17) is 23.2 Å². The smallest absolute Gasteiger partial charge is 0.269 e. The first-order valence-electron chi connectivity index (χ1n) is 9.25. The Morgan fingerprint density at radius 3 is 2.43 bits per heavy atom. The van der Waals surface area contributed by atoms with Crippen LogP contribution in [0.1, 0.15) is 35.9 Å². The van der Waals surface area contributed by atoms with Gasteiger partial charge in [0.05, 0.1) is 20.8 Å². The van der Waals surface area contributed by atoms with Gasteiger partial charge >= 0.3 is 0 Å². The quantitative estimate of drug-likeness (QED) is 0.574. The fourth-order valence-electron chi connectivity index (χ4n) is 3.19. The molecule has 2 amide bonds. The predicted molar refractivity (Wildman–Crippen MR) is 117 cm³/mol. The lowest BCUT2D eigenvalue weighted by Gasteiger charge is -2.33. The molecular weight excluding hydrogens is 451 g/mol. The summed E-state index contributed by atoms with van der Waals surface area (Å²) in [5.74, 6) is 0.319. The van der Waals surface area contributed by atoms with E-state index in [2.05, 4.69) is 25.6 Å². The van der Waals surface area contributed by atoms with E-state index in [9.17, 15) is 13.8 Å². The second-order valence-electron chi connectivity index (χ2n) is 7.02. The van der Waals surface area contributed by atoms with Crippen LogP contribution in [0.15, 0.2) is 11.2 Å². The number of hydrogen-bond acceptors (Lipinski definition) is 6. The highest BCUT2D eigenvalue weighted by Gasteiger charge is 2.25. The lowest BCUT2D eigenvalue weighted by Crippen LogP contribution is -2.45. The molecule has 1 aliphatic rings. The summed E-state index contributed by atoms with van der Waals surface area (Å²) in [6, 6.07) is 1.61. The summed E-state index contributed by atoms with van der Waals surface area (Å²) < 4.78 is 11.9. The van der Waals surface area contributed by atoms with E-state index in [1.165, 1.54) is 13.2 Å². The highest BCUT2D eigenvalue weighted by molar-refractivity contribution is 7.84. The largest absolute Gasteiger partial charge is 0.356 e. The van der Waals surface area contributed by atoms with Crippen molar-refractivity contribution in [3.8, 4) is 0 Å². The molecule has 2 aromatic rings. The summed E-state index contributed by atoms with van der Waals surface area (Å²) in [6.45, 7) is 4.37. The Morgan fingerprint density at radius 2 is 1.90 bits per heavy atom. The Morgan fingerprint density at radius 1 is 1.23 bits per heavy atom. The average Bonchev–Trinajstić information content (AvgIpc) is 2.95. The number of anilines is 2. The van der Waals surface area contributed by atoms with Crippen LogP contribution in [0.2, 0.25) is 10.0 Å². The Kier molecular flexibility index (Phi) is 6.99. The van der Waals surface area contributed by atoms with E-state index < -0.39 is 10.8 Å². The van der Waals surface area contributed by atoms with Gasteiger partial charge in [-0.15, -0.1) is 0 Å². The van der Waals surface area contributed by atoms with Crippen LogP contribution in [0.5, 0.6) is 0 Å². The Labute approximate surface area is 186 Å². The van der Waals surface area contributed by atoms with Gasteiger partial charge in [-0.2, -0.15) is 0 Å². The maximum absolute atomic E-state index is 12.5. The molecule has 1 atom stereocenters. The highest BCUT2D eigenvalue weighted by atomic mass is 35.5. The Hall–Kier alpha value is -2.17. The number of rotatable bonds is 5. The van der Waals surface area contributed by atoms with Gasteiger partial charge in [0.1, 0.15) is 17.3 Å². The number of nitrogens with one attached hydrogen (secondary N) is 3. The molecule has 1 fully saturated rings. The zero-order valence-corrected chi connectivity index (χ0v) is 19.0. The normalized spacial score (nSPS) is 15.7. The number of carbonyl (C=O) groups excluding carboxylic acids is 2. The third kappa shape index (κ3) is 5.11. The average molecular weight is 473 g/mol. The van der Waals surface area contributed by atoms with Crippen LogP contribution in [-0.2, 0) is 15.6 Å². The first-order valence-corrected chi connectivity index (χ1v) is 11.6. The number of halogens is 2. The third-order valence-corrected chi connectivity index (χ3v) is 6.33. The van der Waals surface area contributed by atoms with E-state index in [1.54, 1.807) is 13.0 Å². The molecule has 0 saturated carbocycles. The van der Waals surface area contributed by atoms with Crippen LogP contribution in [0.25, 0.3) is 0 Å². The van der Waals surface area contributed by atoms with Crippen LogP contribution in [-0.4, -0.2) is 56.4 Å². The number of aryl methyl sites for hydroxylation is 1. The molecule has 0 radical (unpaired) electrons. The molecule has 162 valence electrons. The van der Waals surface area contributed by atoms with Crippen LogP contribution >= 0.6 is 23.2 Å². The van der Waals surface area contributed by atoms with Crippen molar-refractivity contribution in [1.82, 2.24) is 20.3 Å². The molecule has 30 heavy (non-hydrogen) atoms. The van der Waals surface area contributed by atoms with Gasteiger partial charge in [-0.25, -0.2) is 9.97 Å². The van der Waals surface area contributed by atoms with Crippen molar-refractivity contribution < 1.29 is 13.8 Å². The van der Waals surface area contributed by atoms with Gasteiger partial charge in [0.2, 0.25) is 11.1 Å². The van der Waals surface area contributed by atoms with Crippen molar-refractivity contribution in [1.29, 1.82) is 0 Å². The van der Waals surface area contributed by atoms with E-state index in [1.807, 2.05) is 4.90 Å². The number of H-pyrrole nitrogens is 1. The first kappa shape index (κ1) is 22.5. The van der Waals surface area contributed by atoms with Gasteiger partial charge in [0.25, 0.3) is 5.91 Å². The number of aromatic nitrogens is 3. The minimum absolute atomic E-state index is 0.0383. The van der Waals surface area contributed by atoms with Gasteiger partial charge in [-0.1, -0.05) is 23.2 Å². The number of nitrogens with zero attached hydrogens (tertiary/aromatic N) is 3. The third-order valence-electron chi connectivity index (χ3n) is 4.69. The zero-order chi connectivity index (χ0) is 22.0. The van der Waals surface area contributed by atoms with Crippen molar-refractivity contribution in [2.24, 2.45) is 0 Å². The Balaban J connectivity index is 1.67. The molecule has 1 aliphatic heterocycles. The first-order chi connectivity index (χ1) is 14.2. The molecule has 12 heteroatoms. The number of piperidine rings is 1. The summed E-state index contributed by atoms with van der Waals surface area (Å²) in [5.41, 5.74) is 0.900. The molecule has 3 heterocycles. The molecule has 0 spiro atoms. The molecule has 2 aromatic heterocycles. The van der Waals surface area contributed by atoms with E-state index >= 15 is 0 Å². The molecule has 0 aromatic carbocycles. The monoisotopic (exact) mass is 472 g/mol. The molecule has 3 rings (SSSR count). The predicted octanol–water partition coefficient (Wildman–Crippen LogP) is 2.51. The van der Waals surface area contributed by atoms with Crippen LogP contribution in [0.3, 0.4) is 0 Å².